The van der Waals surface area contributed by atoms with Crippen LogP contribution in [0, 0.1) is 0 Å². The Kier molecular flexibility index (Phi) is 3.95. The summed E-state index contributed by atoms with van der Waals surface area (Å²) in [5.41, 5.74) is 1.01. The van der Waals surface area contributed by atoms with E-state index in [0.717, 1.165) is 11.4 Å². The molecular formula is C12H17ClN2. The van der Waals surface area contributed by atoms with Crippen molar-refractivity contribution in [2.75, 3.05) is 0 Å². The summed E-state index contributed by atoms with van der Waals surface area (Å²) < 4.78 is 0. The second-order valence-corrected chi connectivity index (χ2v) is 4.54. The maximum absolute atomic E-state index is 5.71. The van der Waals surface area contributed by atoms with Crippen LogP contribution >= 0.6 is 11.6 Å². The molecule has 1 aliphatic carbocycles. The van der Waals surface area contributed by atoms with E-state index in [0.29, 0.717) is 11.8 Å². The molecule has 2 rings (SSSR count). The van der Waals surface area contributed by atoms with Crippen LogP contribution in [0.2, 0.25) is 0 Å². The summed E-state index contributed by atoms with van der Waals surface area (Å²) in [6.45, 7) is 0. The molecule has 0 aliphatic heterocycles. The Balaban J connectivity index is 2.06. The topological polar surface area (TPSA) is 25.8 Å². The first-order valence-corrected chi connectivity index (χ1v) is 6.30. The number of alkyl halides is 1. The molecule has 1 aliphatic rings. The van der Waals surface area contributed by atoms with E-state index in [1.165, 1.54) is 38.5 Å². The molecule has 1 aromatic heterocycles. The number of hydrogen-bond donors (Lipinski definition) is 0. The Morgan fingerprint density at radius 2 is 1.67 bits per heavy atom. The van der Waals surface area contributed by atoms with Gasteiger partial charge in [0.1, 0.15) is 5.82 Å². The lowest BCUT2D eigenvalue weighted by atomic mass is 9.99. The first-order valence-electron chi connectivity index (χ1n) is 5.77. The number of nitrogens with zero attached hydrogens (tertiary/aromatic N) is 2. The van der Waals surface area contributed by atoms with Crippen molar-refractivity contribution < 1.29 is 0 Å². The smallest absolute Gasteiger partial charge is 0.131 e. The van der Waals surface area contributed by atoms with Gasteiger partial charge in [-0.15, -0.1) is 11.6 Å². The van der Waals surface area contributed by atoms with Crippen molar-refractivity contribution in [1.82, 2.24) is 9.97 Å². The molecule has 0 radical (unpaired) electrons. The van der Waals surface area contributed by atoms with E-state index in [1.54, 1.807) is 0 Å². The van der Waals surface area contributed by atoms with Crippen molar-refractivity contribution >= 4 is 11.6 Å². The third-order valence-electron chi connectivity index (χ3n) is 3.10. The molecular weight excluding hydrogens is 208 g/mol. The highest BCUT2D eigenvalue weighted by molar-refractivity contribution is 6.17. The molecule has 0 saturated heterocycles. The summed E-state index contributed by atoms with van der Waals surface area (Å²) in [5.74, 6) is 2.10. The Bertz CT molecular complexity index is 289. The van der Waals surface area contributed by atoms with E-state index in [1.807, 2.05) is 12.4 Å². The average Bonchev–Trinajstić information content (AvgIpc) is 2.58. The SMILES string of the molecule is ClCc1cnc(C2CCCCCC2)nc1. The van der Waals surface area contributed by atoms with Crippen molar-refractivity contribution in [1.29, 1.82) is 0 Å². The summed E-state index contributed by atoms with van der Waals surface area (Å²) >= 11 is 5.71. The maximum Gasteiger partial charge on any atom is 0.131 e. The predicted molar refractivity (Wildman–Crippen MR) is 62.0 cm³/mol. The Labute approximate surface area is 96.1 Å². The fraction of sp³-hybridized carbons (Fsp3) is 0.667. The highest BCUT2D eigenvalue weighted by Crippen LogP contribution is 2.29. The highest BCUT2D eigenvalue weighted by atomic mass is 35.5. The van der Waals surface area contributed by atoms with Crippen molar-refractivity contribution in [3.05, 3.63) is 23.8 Å². The third-order valence-corrected chi connectivity index (χ3v) is 3.41. The quantitative estimate of drug-likeness (QED) is 0.566. The number of aromatic nitrogens is 2. The minimum atomic E-state index is 0.505. The molecule has 0 aromatic carbocycles. The summed E-state index contributed by atoms with van der Waals surface area (Å²) in [4.78, 5) is 8.84. The lowest BCUT2D eigenvalue weighted by Gasteiger charge is -2.11. The molecule has 1 saturated carbocycles. The average molecular weight is 225 g/mol. The van der Waals surface area contributed by atoms with Crippen LogP contribution in [0.1, 0.15) is 55.8 Å². The van der Waals surface area contributed by atoms with E-state index in [2.05, 4.69) is 9.97 Å². The van der Waals surface area contributed by atoms with Crippen LogP contribution in [0.5, 0.6) is 0 Å². The zero-order valence-corrected chi connectivity index (χ0v) is 9.71. The Hall–Kier alpha value is -0.630. The zero-order valence-electron chi connectivity index (χ0n) is 8.95. The minimum absolute atomic E-state index is 0.505. The van der Waals surface area contributed by atoms with Gasteiger partial charge in [-0.3, -0.25) is 0 Å². The third kappa shape index (κ3) is 2.91. The van der Waals surface area contributed by atoms with Crippen LogP contribution in [-0.2, 0) is 5.88 Å². The van der Waals surface area contributed by atoms with Gasteiger partial charge in [-0.25, -0.2) is 9.97 Å². The standard InChI is InChI=1S/C12H17ClN2/c13-7-10-8-14-12(15-9-10)11-5-3-1-2-4-6-11/h8-9,11H,1-7H2. The van der Waals surface area contributed by atoms with Crippen molar-refractivity contribution in [3.8, 4) is 0 Å². The monoisotopic (exact) mass is 224 g/mol. The van der Waals surface area contributed by atoms with Crippen LogP contribution < -0.4 is 0 Å². The summed E-state index contributed by atoms with van der Waals surface area (Å²) in [7, 11) is 0. The van der Waals surface area contributed by atoms with E-state index in [9.17, 15) is 0 Å². The zero-order chi connectivity index (χ0) is 10.5. The predicted octanol–water partition coefficient (Wildman–Crippen LogP) is 3.65. The first kappa shape index (κ1) is 10.9. The number of rotatable bonds is 2. The normalized spacial score (nSPS) is 18.7. The largest absolute Gasteiger partial charge is 0.241 e. The maximum atomic E-state index is 5.71. The second kappa shape index (κ2) is 5.45. The van der Waals surface area contributed by atoms with Crippen molar-refractivity contribution in [2.45, 2.75) is 50.3 Å². The van der Waals surface area contributed by atoms with Crippen LogP contribution in [0.3, 0.4) is 0 Å². The molecule has 1 aromatic rings. The van der Waals surface area contributed by atoms with E-state index in [-0.39, 0.29) is 0 Å². The van der Waals surface area contributed by atoms with Gasteiger partial charge in [-0.2, -0.15) is 0 Å². The van der Waals surface area contributed by atoms with Crippen molar-refractivity contribution in [2.24, 2.45) is 0 Å². The Morgan fingerprint density at radius 3 is 2.20 bits per heavy atom. The van der Waals surface area contributed by atoms with Gasteiger partial charge in [0, 0.05) is 23.9 Å². The lowest BCUT2D eigenvalue weighted by molar-refractivity contribution is 0.559. The molecule has 1 fully saturated rings. The van der Waals surface area contributed by atoms with Crippen LogP contribution in [-0.4, -0.2) is 9.97 Å². The van der Waals surface area contributed by atoms with Crippen LogP contribution in [0.15, 0.2) is 12.4 Å². The molecule has 2 nitrogen and oxygen atoms in total. The fourth-order valence-corrected chi connectivity index (χ4v) is 2.32. The molecule has 15 heavy (non-hydrogen) atoms. The minimum Gasteiger partial charge on any atom is -0.241 e. The van der Waals surface area contributed by atoms with Crippen LogP contribution in [0.4, 0.5) is 0 Å². The van der Waals surface area contributed by atoms with Crippen molar-refractivity contribution in [3.63, 3.8) is 0 Å². The van der Waals surface area contributed by atoms with E-state index in [4.69, 9.17) is 11.6 Å². The highest BCUT2D eigenvalue weighted by Gasteiger charge is 2.16. The molecule has 0 bridgehead atoms. The molecule has 0 amide bonds. The molecule has 3 heteroatoms. The van der Waals surface area contributed by atoms with Gasteiger partial charge in [-0.1, -0.05) is 25.7 Å². The van der Waals surface area contributed by atoms with E-state index < -0.39 is 0 Å². The van der Waals surface area contributed by atoms with Crippen LogP contribution in [0.25, 0.3) is 0 Å². The van der Waals surface area contributed by atoms with Gasteiger partial charge in [0.05, 0.1) is 5.88 Å². The second-order valence-electron chi connectivity index (χ2n) is 4.27. The van der Waals surface area contributed by atoms with Gasteiger partial charge in [0.25, 0.3) is 0 Å². The van der Waals surface area contributed by atoms with Gasteiger partial charge in [-0.05, 0) is 12.8 Å². The number of hydrogen-bond acceptors (Lipinski definition) is 2. The molecule has 0 atom stereocenters. The molecule has 0 spiro atoms. The van der Waals surface area contributed by atoms with Gasteiger partial charge >= 0.3 is 0 Å². The summed E-state index contributed by atoms with van der Waals surface area (Å²) in [6.07, 6.45) is 11.6. The summed E-state index contributed by atoms with van der Waals surface area (Å²) in [6, 6.07) is 0. The van der Waals surface area contributed by atoms with Gasteiger partial charge < -0.3 is 0 Å². The number of halogens is 1. The molecule has 1 heterocycles. The fourth-order valence-electron chi connectivity index (χ4n) is 2.18. The molecule has 82 valence electrons. The summed E-state index contributed by atoms with van der Waals surface area (Å²) in [5, 5.41) is 0. The first-order chi connectivity index (χ1) is 7.40. The van der Waals surface area contributed by atoms with Gasteiger partial charge in [0.2, 0.25) is 0 Å². The molecule has 0 N–H and O–H groups in total. The Morgan fingerprint density at radius 1 is 1.07 bits per heavy atom. The van der Waals surface area contributed by atoms with E-state index >= 15 is 0 Å². The lowest BCUT2D eigenvalue weighted by Crippen LogP contribution is -2.03. The molecule has 0 unspecified atom stereocenters. The van der Waals surface area contributed by atoms with Gasteiger partial charge in [0.15, 0.2) is 0 Å².